The van der Waals surface area contributed by atoms with E-state index < -0.39 is 0 Å². The molecule has 1 saturated heterocycles. The van der Waals surface area contributed by atoms with Crippen molar-refractivity contribution >= 4 is 41.5 Å². The number of halogens is 2. The summed E-state index contributed by atoms with van der Waals surface area (Å²) in [7, 11) is 1.93. The molecule has 4 rings (SSSR count). The Hall–Kier alpha value is -1.32. The second-order valence-corrected chi connectivity index (χ2v) is 7.64. The van der Waals surface area contributed by atoms with Crippen LogP contribution in [0.25, 0.3) is 0 Å². The SMILES string of the molecule is CCN=C(NC1CC1c1cccc(Cl)c1)N1CCOC(c2cnn(C)c2)C1.I. The number of guanidine groups is 1. The molecular weight excluding hydrogens is 489 g/mol. The maximum Gasteiger partial charge on any atom is 0.194 e. The zero-order chi connectivity index (χ0) is 18.8. The third-order valence-electron chi connectivity index (χ3n) is 5.15. The summed E-state index contributed by atoms with van der Waals surface area (Å²) >= 11 is 6.14. The monoisotopic (exact) mass is 515 g/mol. The maximum absolute atomic E-state index is 6.14. The number of morpholine rings is 1. The lowest BCUT2D eigenvalue weighted by molar-refractivity contribution is -0.00810. The Morgan fingerprint density at radius 2 is 2.25 bits per heavy atom. The molecule has 1 aromatic carbocycles. The van der Waals surface area contributed by atoms with Crippen LogP contribution in [-0.2, 0) is 11.8 Å². The number of aliphatic imine (C=N–C) groups is 1. The Kier molecular flexibility index (Phi) is 7.22. The van der Waals surface area contributed by atoms with Gasteiger partial charge in [0.15, 0.2) is 5.96 Å². The lowest BCUT2D eigenvalue weighted by Crippen LogP contribution is -2.49. The van der Waals surface area contributed by atoms with E-state index in [0.717, 1.165) is 42.6 Å². The number of benzene rings is 1. The molecule has 2 heterocycles. The topological polar surface area (TPSA) is 54.7 Å². The third-order valence-corrected chi connectivity index (χ3v) is 5.39. The Labute approximate surface area is 188 Å². The molecule has 8 heteroatoms. The Balaban J connectivity index is 0.00000225. The fourth-order valence-electron chi connectivity index (χ4n) is 3.66. The van der Waals surface area contributed by atoms with E-state index in [9.17, 15) is 0 Å². The molecule has 28 heavy (non-hydrogen) atoms. The van der Waals surface area contributed by atoms with Gasteiger partial charge >= 0.3 is 0 Å². The molecular formula is C20H27ClIN5O. The number of aryl methyl sites for hydroxylation is 1. The Bertz CT molecular complexity index is 826. The number of nitrogens with zero attached hydrogens (tertiary/aromatic N) is 4. The average Bonchev–Trinajstić information content (AvgIpc) is 3.31. The van der Waals surface area contributed by atoms with Crippen LogP contribution in [0.3, 0.4) is 0 Å². The van der Waals surface area contributed by atoms with E-state index in [2.05, 4.69) is 34.4 Å². The van der Waals surface area contributed by atoms with Gasteiger partial charge < -0.3 is 15.0 Å². The van der Waals surface area contributed by atoms with Crippen LogP contribution < -0.4 is 5.32 Å². The van der Waals surface area contributed by atoms with Crippen LogP contribution in [0.5, 0.6) is 0 Å². The first kappa shape index (κ1) is 21.4. The number of aromatic nitrogens is 2. The first-order valence-corrected chi connectivity index (χ1v) is 9.93. The minimum absolute atomic E-state index is 0. The zero-order valence-corrected chi connectivity index (χ0v) is 19.3. The molecule has 2 fully saturated rings. The van der Waals surface area contributed by atoms with Gasteiger partial charge in [0.25, 0.3) is 0 Å². The van der Waals surface area contributed by atoms with Crippen LogP contribution in [0.1, 0.15) is 36.5 Å². The summed E-state index contributed by atoms with van der Waals surface area (Å²) in [5.41, 5.74) is 2.41. The predicted octanol–water partition coefficient (Wildman–Crippen LogP) is 3.59. The van der Waals surface area contributed by atoms with Crippen molar-refractivity contribution in [2.75, 3.05) is 26.2 Å². The second kappa shape index (κ2) is 9.45. The van der Waals surface area contributed by atoms with E-state index in [0.29, 0.717) is 18.6 Å². The van der Waals surface area contributed by atoms with Gasteiger partial charge in [-0.25, -0.2) is 0 Å². The standard InChI is InChI=1S/C20H26ClN5O.HI/c1-3-22-20(24-18-10-17(18)14-5-4-6-16(21)9-14)26-7-8-27-19(13-26)15-11-23-25(2)12-15;/h4-6,9,11-12,17-19H,3,7-8,10,13H2,1-2H3,(H,22,24);1H. The summed E-state index contributed by atoms with van der Waals surface area (Å²) in [5, 5.41) is 8.73. The highest BCUT2D eigenvalue weighted by Crippen LogP contribution is 2.41. The zero-order valence-electron chi connectivity index (χ0n) is 16.2. The third kappa shape index (κ3) is 4.99. The van der Waals surface area contributed by atoms with Gasteiger partial charge in [0.1, 0.15) is 6.10 Å². The molecule has 1 aromatic heterocycles. The minimum atomic E-state index is 0. The molecule has 0 spiro atoms. The van der Waals surface area contributed by atoms with Crippen LogP contribution in [0.4, 0.5) is 0 Å². The van der Waals surface area contributed by atoms with Crippen molar-refractivity contribution in [1.82, 2.24) is 20.0 Å². The Morgan fingerprint density at radius 1 is 1.39 bits per heavy atom. The van der Waals surface area contributed by atoms with Gasteiger partial charge in [-0.15, -0.1) is 24.0 Å². The number of nitrogens with one attached hydrogen (secondary N) is 1. The fourth-order valence-corrected chi connectivity index (χ4v) is 3.86. The summed E-state index contributed by atoms with van der Waals surface area (Å²) in [4.78, 5) is 7.04. The lowest BCUT2D eigenvalue weighted by Gasteiger charge is -2.35. The molecule has 3 unspecified atom stereocenters. The van der Waals surface area contributed by atoms with Crippen LogP contribution in [0.15, 0.2) is 41.7 Å². The van der Waals surface area contributed by atoms with Crippen LogP contribution >= 0.6 is 35.6 Å². The van der Waals surface area contributed by atoms with Gasteiger partial charge in [-0.3, -0.25) is 9.67 Å². The maximum atomic E-state index is 6.14. The molecule has 2 aromatic rings. The fraction of sp³-hybridized carbons (Fsp3) is 0.500. The van der Waals surface area contributed by atoms with E-state index in [1.807, 2.05) is 36.3 Å². The van der Waals surface area contributed by atoms with E-state index >= 15 is 0 Å². The number of hydrogen-bond donors (Lipinski definition) is 1. The van der Waals surface area contributed by atoms with Gasteiger partial charge in [0.05, 0.1) is 19.3 Å². The summed E-state index contributed by atoms with van der Waals surface area (Å²) in [6.07, 6.45) is 5.04. The van der Waals surface area contributed by atoms with Gasteiger partial charge in [-0.2, -0.15) is 5.10 Å². The second-order valence-electron chi connectivity index (χ2n) is 7.20. The molecule has 1 saturated carbocycles. The van der Waals surface area contributed by atoms with E-state index in [1.54, 1.807) is 0 Å². The quantitative estimate of drug-likeness (QED) is 0.384. The number of rotatable bonds is 4. The Morgan fingerprint density at radius 3 is 2.96 bits per heavy atom. The highest BCUT2D eigenvalue weighted by Gasteiger charge is 2.40. The molecule has 0 bridgehead atoms. The average molecular weight is 516 g/mol. The smallest absolute Gasteiger partial charge is 0.194 e. The molecule has 152 valence electrons. The molecule has 2 aliphatic rings. The summed E-state index contributed by atoms with van der Waals surface area (Å²) in [6.45, 7) is 5.14. The van der Waals surface area contributed by atoms with E-state index in [1.165, 1.54) is 5.56 Å². The summed E-state index contributed by atoms with van der Waals surface area (Å²) < 4.78 is 7.78. The predicted molar refractivity (Wildman–Crippen MR) is 123 cm³/mol. The highest BCUT2D eigenvalue weighted by molar-refractivity contribution is 14.0. The molecule has 1 aliphatic carbocycles. The normalized spacial score (nSPS) is 24.6. The number of ether oxygens (including phenoxy) is 1. The van der Waals surface area contributed by atoms with Gasteiger partial charge in [-0.1, -0.05) is 23.7 Å². The number of hydrogen-bond acceptors (Lipinski definition) is 3. The van der Waals surface area contributed by atoms with Crippen molar-refractivity contribution in [1.29, 1.82) is 0 Å². The van der Waals surface area contributed by atoms with Crippen LogP contribution in [-0.4, -0.2) is 52.9 Å². The van der Waals surface area contributed by atoms with Crippen molar-refractivity contribution in [3.8, 4) is 0 Å². The molecule has 6 nitrogen and oxygen atoms in total. The molecule has 0 radical (unpaired) electrons. The van der Waals surface area contributed by atoms with Gasteiger partial charge in [0, 0.05) is 48.9 Å². The van der Waals surface area contributed by atoms with E-state index in [4.69, 9.17) is 21.3 Å². The molecule has 3 atom stereocenters. The molecule has 1 N–H and O–H groups in total. The van der Waals surface area contributed by atoms with Crippen molar-refractivity contribution in [3.63, 3.8) is 0 Å². The van der Waals surface area contributed by atoms with Crippen LogP contribution in [0.2, 0.25) is 5.02 Å². The molecule has 1 aliphatic heterocycles. The molecule has 0 amide bonds. The minimum Gasteiger partial charge on any atom is -0.370 e. The van der Waals surface area contributed by atoms with E-state index in [-0.39, 0.29) is 30.1 Å². The van der Waals surface area contributed by atoms with Crippen molar-refractivity contribution in [3.05, 3.63) is 52.8 Å². The lowest BCUT2D eigenvalue weighted by atomic mass is 10.1. The van der Waals surface area contributed by atoms with Gasteiger partial charge in [0.2, 0.25) is 0 Å². The largest absolute Gasteiger partial charge is 0.370 e. The van der Waals surface area contributed by atoms with Crippen LogP contribution in [0, 0.1) is 0 Å². The first-order valence-electron chi connectivity index (χ1n) is 9.55. The van der Waals surface area contributed by atoms with Crippen molar-refractivity contribution in [2.24, 2.45) is 12.0 Å². The summed E-state index contributed by atoms with van der Waals surface area (Å²) in [6, 6.07) is 8.58. The highest BCUT2D eigenvalue weighted by atomic mass is 127. The van der Waals surface area contributed by atoms with Crippen molar-refractivity contribution < 1.29 is 4.74 Å². The first-order chi connectivity index (χ1) is 13.1. The van der Waals surface area contributed by atoms with Crippen molar-refractivity contribution in [2.45, 2.75) is 31.4 Å². The summed E-state index contributed by atoms with van der Waals surface area (Å²) in [5.74, 6) is 1.48. The van der Waals surface area contributed by atoms with Gasteiger partial charge in [-0.05, 0) is 31.0 Å².